The van der Waals surface area contributed by atoms with E-state index in [2.05, 4.69) is 16.9 Å². The second kappa shape index (κ2) is 7.13. The number of aromatic nitrogens is 2. The summed E-state index contributed by atoms with van der Waals surface area (Å²) < 4.78 is 16.3. The predicted molar refractivity (Wildman–Crippen MR) is 80.7 cm³/mol. The van der Waals surface area contributed by atoms with Crippen molar-refractivity contribution < 1.29 is 14.2 Å². The monoisotopic (exact) mass is 308 g/mol. The van der Waals surface area contributed by atoms with E-state index in [1.165, 1.54) is 6.33 Å². The minimum absolute atomic E-state index is 0.414. The van der Waals surface area contributed by atoms with Gasteiger partial charge < -0.3 is 14.2 Å². The van der Waals surface area contributed by atoms with E-state index >= 15 is 0 Å². The van der Waals surface area contributed by atoms with E-state index in [9.17, 15) is 0 Å². The summed E-state index contributed by atoms with van der Waals surface area (Å²) >= 11 is 6.11. The van der Waals surface area contributed by atoms with Crippen molar-refractivity contribution in [3.63, 3.8) is 0 Å². The maximum absolute atomic E-state index is 6.11. The summed E-state index contributed by atoms with van der Waals surface area (Å²) in [4.78, 5) is 8.16. The molecule has 0 N–H and O–H groups in total. The average Bonchev–Trinajstić information content (AvgIpc) is 2.50. The van der Waals surface area contributed by atoms with Crippen molar-refractivity contribution in [3.05, 3.63) is 35.2 Å². The van der Waals surface area contributed by atoms with Gasteiger partial charge in [-0.2, -0.15) is 0 Å². The summed E-state index contributed by atoms with van der Waals surface area (Å²) in [5, 5.41) is 0.414. The first-order valence-corrected chi connectivity index (χ1v) is 6.96. The van der Waals surface area contributed by atoms with Crippen LogP contribution in [0.2, 0.25) is 5.15 Å². The Hall–Kier alpha value is -2.01. The van der Waals surface area contributed by atoms with Gasteiger partial charge in [-0.25, -0.2) is 9.97 Å². The molecule has 0 unspecified atom stereocenters. The molecule has 1 aromatic heterocycles. The molecule has 0 bridgehead atoms. The lowest BCUT2D eigenvalue weighted by molar-refractivity contribution is 0.384. The van der Waals surface area contributed by atoms with Crippen molar-refractivity contribution in [3.8, 4) is 23.1 Å². The summed E-state index contributed by atoms with van der Waals surface area (Å²) in [5.41, 5.74) is 0.795. The van der Waals surface area contributed by atoms with Gasteiger partial charge in [-0.1, -0.05) is 24.9 Å². The van der Waals surface area contributed by atoms with Crippen molar-refractivity contribution in [1.82, 2.24) is 9.97 Å². The van der Waals surface area contributed by atoms with Crippen molar-refractivity contribution in [1.29, 1.82) is 0 Å². The van der Waals surface area contributed by atoms with Crippen molar-refractivity contribution in [2.45, 2.75) is 19.8 Å². The summed E-state index contributed by atoms with van der Waals surface area (Å²) in [6, 6.07) is 5.29. The number of nitrogens with zero attached hydrogens (tertiary/aromatic N) is 2. The highest BCUT2D eigenvalue weighted by Gasteiger charge is 2.12. The van der Waals surface area contributed by atoms with Gasteiger partial charge >= 0.3 is 0 Å². The second-order valence-corrected chi connectivity index (χ2v) is 4.71. The summed E-state index contributed by atoms with van der Waals surface area (Å²) in [6.45, 7) is 2.06. The fourth-order valence-corrected chi connectivity index (χ4v) is 2.09. The van der Waals surface area contributed by atoms with E-state index in [0.29, 0.717) is 28.3 Å². The van der Waals surface area contributed by atoms with Crippen molar-refractivity contribution in [2.24, 2.45) is 0 Å². The third-order valence-corrected chi connectivity index (χ3v) is 3.22. The van der Waals surface area contributed by atoms with E-state index in [0.717, 1.165) is 18.4 Å². The zero-order valence-corrected chi connectivity index (χ0v) is 13.0. The fourth-order valence-electron chi connectivity index (χ4n) is 1.88. The van der Waals surface area contributed by atoms with Crippen LogP contribution >= 0.6 is 11.6 Å². The zero-order valence-electron chi connectivity index (χ0n) is 12.2. The smallest absolute Gasteiger partial charge is 0.227 e. The fraction of sp³-hybridized carbons (Fsp3) is 0.333. The number of hydrogen-bond donors (Lipinski definition) is 0. The Bertz CT molecular complexity index is 598. The molecule has 0 radical (unpaired) electrons. The van der Waals surface area contributed by atoms with Crippen LogP contribution in [-0.2, 0) is 6.42 Å². The molecule has 6 heteroatoms. The molecule has 0 atom stereocenters. The van der Waals surface area contributed by atoms with E-state index in [1.807, 2.05) is 0 Å². The molecule has 0 aliphatic carbocycles. The molecule has 2 rings (SSSR count). The number of halogens is 1. The highest BCUT2D eigenvalue weighted by atomic mass is 35.5. The molecule has 0 saturated carbocycles. The molecule has 5 nitrogen and oxygen atoms in total. The summed E-state index contributed by atoms with van der Waals surface area (Å²) in [6.07, 6.45) is 3.05. The van der Waals surface area contributed by atoms with Crippen LogP contribution in [0.4, 0.5) is 0 Å². The Kier molecular flexibility index (Phi) is 5.22. The Morgan fingerprint density at radius 1 is 1.00 bits per heavy atom. The average molecular weight is 309 g/mol. The molecule has 0 spiro atoms. The summed E-state index contributed by atoms with van der Waals surface area (Å²) in [7, 11) is 3.17. The zero-order chi connectivity index (χ0) is 15.2. The van der Waals surface area contributed by atoms with Crippen molar-refractivity contribution >= 4 is 11.6 Å². The highest BCUT2D eigenvalue weighted by molar-refractivity contribution is 6.30. The number of rotatable bonds is 6. The van der Waals surface area contributed by atoms with Crippen LogP contribution < -0.4 is 14.2 Å². The Morgan fingerprint density at radius 3 is 2.19 bits per heavy atom. The second-order valence-electron chi connectivity index (χ2n) is 4.35. The maximum Gasteiger partial charge on any atom is 0.227 e. The van der Waals surface area contributed by atoms with Gasteiger partial charge in [0.15, 0.2) is 0 Å². The van der Waals surface area contributed by atoms with E-state index in [1.54, 1.807) is 32.4 Å². The molecule has 1 heterocycles. The number of hydrogen-bond acceptors (Lipinski definition) is 5. The van der Waals surface area contributed by atoms with Gasteiger partial charge in [0.1, 0.15) is 28.7 Å². The van der Waals surface area contributed by atoms with Crippen LogP contribution in [0.15, 0.2) is 24.5 Å². The maximum atomic E-state index is 6.11. The van der Waals surface area contributed by atoms with E-state index < -0.39 is 0 Å². The normalized spacial score (nSPS) is 10.3. The largest absolute Gasteiger partial charge is 0.496 e. The quantitative estimate of drug-likeness (QED) is 0.758. The van der Waals surface area contributed by atoms with Gasteiger partial charge in [0, 0.05) is 18.2 Å². The standard InChI is InChI=1S/C15H17ClN2O3/c1-4-5-13-14(16)17-9-18-15(13)21-12-7-10(19-2)6-11(8-12)20-3/h6-9H,4-5H2,1-3H3. The molecular weight excluding hydrogens is 292 g/mol. The number of ether oxygens (including phenoxy) is 3. The topological polar surface area (TPSA) is 53.5 Å². The predicted octanol–water partition coefficient (Wildman–Crippen LogP) is 3.89. The Balaban J connectivity index is 2.35. The molecule has 0 saturated heterocycles. The van der Waals surface area contributed by atoms with Gasteiger partial charge in [-0.3, -0.25) is 0 Å². The molecule has 2 aromatic rings. The lowest BCUT2D eigenvalue weighted by Crippen LogP contribution is -1.98. The Labute approximate surface area is 128 Å². The Morgan fingerprint density at radius 2 is 1.62 bits per heavy atom. The van der Waals surface area contributed by atoms with Crippen LogP contribution in [-0.4, -0.2) is 24.2 Å². The highest BCUT2D eigenvalue weighted by Crippen LogP contribution is 2.32. The van der Waals surface area contributed by atoms with Crippen LogP contribution in [0.25, 0.3) is 0 Å². The number of methoxy groups -OCH3 is 2. The molecule has 0 fully saturated rings. The molecule has 1 aromatic carbocycles. The van der Waals surface area contributed by atoms with Crippen LogP contribution in [0, 0.1) is 0 Å². The minimum Gasteiger partial charge on any atom is -0.496 e. The van der Waals surface area contributed by atoms with Crippen molar-refractivity contribution in [2.75, 3.05) is 14.2 Å². The van der Waals surface area contributed by atoms with E-state index in [4.69, 9.17) is 25.8 Å². The van der Waals surface area contributed by atoms with Gasteiger partial charge in [0.05, 0.1) is 19.8 Å². The summed E-state index contributed by atoms with van der Waals surface area (Å²) in [5.74, 6) is 2.30. The SMILES string of the molecule is CCCc1c(Cl)ncnc1Oc1cc(OC)cc(OC)c1. The number of benzene rings is 1. The molecule has 0 aliphatic heterocycles. The third kappa shape index (κ3) is 3.76. The molecule has 0 aliphatic rings. The first-order chi connectivity index (χ1) is 10.2. The molecule has 0 amide bonds. The molecular formula is C15H17ClN2O3. The van der Waals surface area contributed by atoms with Gasteiger partial charge in [0.2, 0.25) is 5.88 Å². The van der Waals surface area contributed by atoms with E-state index in [-0.39, 0.29) is 0 Å². The first-order valence-electron chi connectivity index (χ1n) is 6.58. The molecule has 112 valence electrons. The first kappa shape index (κ1) is 15.4. The molecule has 21 heavy (non-hydrogen) atoms. The van der Waals surface area contributed by atoms with Crippen LogP contribution in [0.5, 0.6) is 23.1 Å². The lowest BCUT2D eigenvalue weighted by Gasteiger charge is -2.12. The lowest BCUT2D eigenvalue weighted by atomic mass is 10.2. The van der Waals surface area contributed by atoms with Crippen LogP contribution in [0.1, 0.15) is 18.9 Å². The minimum atomic E-state index is 0.414. The van der Waals surface area contributed by atoms with Crippen LogP contribution in [0.3, 0.4) is 0 Å². The van der Waals surface area contributed by atoms with Gasteiger partial charge in [-0.05, 0) is 6.42 Å². The van der Waals surface area contributed by atoms with Gasteiger partial charge in [0.25, 0.3) is 0 Å². The van der Waals surface area contributed by atoms with Gasteiger partial charge in [-0.15, -0.1) is 0 Å². The third-order valence-electron chi connectivity index (χ3n) is 2.89.